The van der Waals surface area contributed by atoms with Crippen LogP contribution in [0.15, 0.2) is 76.1 Å². The highest BCUT2D eigenvalue weighted by atomic mass is 32.2. The Balaban J connectivity index is 1.39. The van der Waals surface area contributed by atoms with Crippen LogP contribution in [0.25, 0.3) is 5.69 Å². The Hall–Kier alpha value is -3.95. The van der Waals surface area contributed by atoms with Crippen LogP contribution in [0, 0.1) is 6.92 Å². The minimum Gasteiger partial charge on any atom is -0.497 e. The fraction of sp³-hybridized carbons (Fsp3) is 0.438. The van der Waals surface area contributed by atoms with E-state index in [2.05, 4.69) is 0 Å². The lowest BCUT2D eigenvalue weighted by Gasteiger charge is -2.33. The van der Waals surface area contributed by atoms with E-state index in [4.69, 9.17) is 18.9 Å². The van der Waals surface area contributed by atoms with Crippen LogP contribution in [-0.4, -0.2) is 104 Å². The number of aromatic nitrogens is 2. The van der Waals surface area contributed by atoms with Crippen molar-refractivity contribution >= 4 is 15.9 Å². The molecule has 1 N–H and O–H groups in total. The van der Waals surface area contributed by atoms with Gasteiger partial charge in [0.2, 0.25) is 16.3 Å². The Kier molecular flexibility index (Phi) is 10.6. The van der Waals surface area contributed by atoms with E-state index in [1.54, 1.807) is 32.5 Å². The van der Waals surface area contributed by atoms with E-state index in [0.29, 0.717) is 43.3 Å². The van der Waals surface area contributed by atoms with E-state index < -0.39 is 22.2 Å². The predicted octanol–water partition coefficient (Wildman–Crippen LogP) is 1.77. The second kappa shape index (κ2) is 14.6. The number of hydrogen-bond donors (Lipinski definition) is 1. The van der Waals surface area contributed by atoms with Crippen molar-refractivity contribution in [3.05, 3.63) is 88.0 Å². The van der Waals surface area contributed by atoms with Crippen LogP contribution in [0.1, 0.15) is 23.6 Å². The monoisotopic (exact) mass is 656 g/mol. The van der Waals surface area contributed by atoms with Gasteiger partial charge in [-0.25, -0.2) is 13.1 Å². The average Bonchev–Trinajstić information content (AvgIpc) is 3.31. The number of ether oxygens (including phenoxy) is 4. The highest BCUT2D eigenvalue weighted by molar-refractivity contribution is 7.89. The molecule has 2 aromatic carbocycles. The number of aliphatic hydroxyl groups excluding tert-OH is 1. The number of carbonyl (C=O) groups excluding carboxylic acids is 1. The second-order valence-electron chi connectivity index (χ2n) is 11.0. The number of aliphatic hydroxyl groups is 1. The van der Waals surface area contributed by atoms with Gasteiger partial charge in [-0.2, -0.15) is 4.31 Å². The molecule has 1 aromatic heterocycles. The minimum absolute atomic E-state index is 0.0475. The van der Waals surface area contributed by atoms with Gasteiger partial charge in [0, 0.05) is 56.8 Å². The molecule has 2 aliphatic heterocycles. The van der Waals surface area contributed by atoms with Gasteiger partial charge in [-0.3, -0.25) is 14.3 Å². The predicted molar refractivity (Wildman–Crippen MR) is 168 cm³/mol. The third kappa shape index (κ3) is 7.05. The Morgan fingerprint density at radius 2 is 1.76 bits per heavy atom. The van der Waals surface area contributed by atoms with E-state index >= 15 is 0 Å². The molecule has 2 aliphatic rings. The van der Waals surface area contributed by atoms with E-state index in [1.807, 2.05) is 44.3 Å². The van der Waals surface area contributed by atoms with Gasteiger partial charge < -0.3 is 29.0 Å². The van der Waals surface area contributed by atoms with Crippen LogP contribution >= 0.6 is 0 Å². The molecule has 1 fully saturated rings. The molecule has 3 aromatic rings. The maximum atomic E-state index is 13.9. The lowest BCUT2D eigenvalue weighted by Crippen LogP contribution is -2.43. The van der Waals surface area contributed by atoms with Gasteiger partial charge in [0.25, 0.3) is 11.5 Å². The third-order valence-corrected chi connectivity index (χ3v) is 10.1. The largest absolute Gasteiger partial charge is 0.497 e. The summed E-state index contributed by atoms with van der Waals surface area (Å²) in [6.07, 6.45) is 0.960. The summed E-state index contributed by atoms with van der Waals surface area (Å²) in [5.74, 6) is -0.267. The van der Waals surface area contributed by atoms with Crippen LogP contribution in [0.3, 0.4) is 0 Å². The summed E-state index contributed by atoms with van der Waals surface area (Å²) in [4.78, 5) is 29.1. The van der Waals surface area contributed by atoms with Crippen molar-refractivity contribution in [2.75, 3.05) is 59.7 Å². The number of nitrogens with zero attached hydrogens (tertiary/aromatic N) is 4. The smallest absolute Gasteiger partial charge is 0.288 e. The van der Waals surface area contributed by atoms with Gasteiger partial charge in [-0.15, -0.1) is 0 Å². The fourth-order valence-electron chi connectivity index (χ4n) is 5.70. The number of methoxy groups -OCH3 is 1. The quantitative estimate of drug-likeness (QED) is 0.309. The Bertz CT molecular complexity index is 1700. The van der Waals surface area contributed by atoms with Crippen LogP contribution in [0.2, 0.25) is 0 Å². The number of hydrogen-bond acceptors (Lipinski definition) is 9. The molecule has 5 rings (SSSR count). The van der Waals surface area contributed by atoms with Gasteiger partial charge in [-0.05, 0) is 49.4 Å². The summed E-state index contributed by atoms with van der Waals surface area (Å²) in [5.41, 5.74) is 1.74. The number of morpholine rings is 1. The number of rotatable bonds is 12. The number of sulfonamides is 1. The maximum Gasteiger partial charge on any atom is 0.288 e. The highest BCUT2D eigenvalue weighted by Gasteiger charge is 2.35. The molecule has 0 saturated carbocycles. The lowest BCUT2D eigenvalue weighted by atomic mass is 9.93. The summed E-state index contributed by atoms with van der Waals surface area (Å²) in [7, 11) is -0.659. The molecule has 0 bridgehead atoms. The van der Waals surface area contributed by atoms with Crippen LogP contribution < -0.4 is 10.3 Å². The number of para-hydroxylation sites is 1. The summed E-state index contributed by atoms with van der Waals surface area (Å²) >= 11 is 0. The SMILES string of the molecule is COc1ccc(S(=O)(=O)N(CCO)CCO[C@@H]2C[C@H](c3c(C)n(C)n(-c4ccccc4)c3=O)C=C(C(=O)N3CCOCC3)O2)cc1. The van der Waals surface area contributed by atoms with E-state index in [-0.39, 0.29) is 54.8 Å². The van der Waals surface area contributed by atoms with Gasteiger partial charge in [0.05, 0.1) is 44.1 Å². The first-order chi connectivity index (χ1) is 22.1. The fourth-order valence-corrected chi connectivity index (χ4v) is 7.11. The molecule has 0 spiro atoms. The lowest BCUT2D eigenvalue weighted by molar-refractivity contribution is -0.155. The van der Waals surface area contributed by atoms with Gasteiger partial charge in [0.15, 0.2) is 5.76 Å². The molecule has 0 unspecified atom stereocenters. The zero-order valence-corrected chi connectivity index (χ0v) is 27.0. The van der Waals surface area contributed by atoms with Gasteiger partial charge >= 0.3 is 0 Å². The van der Waals surface area contributed by atoms with Crippen molar-refractivity contribution in [2.24, 2.45) is 7.05 Å². The van der Waals surface area contributed by atoms with E-state index in [9.17, 15) is 23.1 Å². The summed E-state index contributed by atoms with van der Waals surface area (Å²) in [6, 6.07) is 15.3. The number of carbonyl (C=O) groups is 1. The molecule has 0 aliphatic carbocycles. The first-order valence-corrected chi connectivity index (χ1v) is 16.6. The number of allylic oxidation sites excluding steroid dienone is 1. The molecular formula is C32H40N4O9S. The van der Waals surface area contributed by atoms with Gasteiger partial charge in [0.1, 0.15) is 5.75 Å². The first-order valence-electron chi connectivity index (χ1n) is 15.1. The minimum atomic E-state index is -3.96. The van der Waals surface area contributed by atoms with Crippen LogP contribution in [-0.2, 0) is 36.1 Å². The summed E-state index contributed by atoms with van der Waals surface area (Å²) < 4.78 is 53.9. The first kappa shape index (κ1) is 33.4. The molecule has 248 valence electrons. The zero-order chi connectivity index (χ0) is 32.8. The maximum absolute atomic E-state index is 13.9. The topological polar surface area (TPSA) is 142 Å². The van der Waals surface area contributed by atoms with Crippen molar-refractivity contribution < 1.29 is 37.3 Å². The molecule has 2 atom stereocenters. The number of benzene rings is 2. The molecule has 14 heteroatoms. The Morgan fingerprint density at radius 3 is 2.41 bits per heavy atom. The van der Waals surface area contributed by atoms with Crippen molar-refractivity contribution in [2.45, 2.75) is 30.4 Å². The zero-order valence-electron chi connectivity index (χ0n) is 26.2. The van der Waals surface area contributed by atoms with Gasteiger partial charge in [-0.1, -0.05) is 18.2 Å². The van der Waals surface area contributed by atoms with Crippen molar-refractivity contribution in [1.29, 1.82) is 0 Å². The highest BCUT2D eigenvalue weighted by Crippen LogP contribution is 2.33. The van der Waals surface area contributed by atoms with Crippen molar-refractivity contribution in [1.82, 2.24) is 18.6 Å². The normalized spacial score (nSPS) is 18.7. The molecule has 3 heterocycles. The number of amides is 1. The molecule has 0 radical (unpaired) electrons. The third-order valence-electron chi connectivity index (χ3n) is 8.23. The Morgan fingerprint density at radius 1 is 1.07 bits per heavy atom. The molecule has 1 amide bonds. The summed E-state index contributed by atoms with van der Waals surface area (Å²) in [5, 5.41) is 9.63. The Labute approximate surface area is 268 Å². The van der Waals surface area contributed by atoms with E-state index in [0.717, 1.165) is 10.00 Å². The van der Waals surface area contributed by atoms with Crippen molar-refractivity contribution in [3.63, 3.8) is 0 Å². The molecule has 1 saturated heterocycles. The molecule has 13 nitrogen and oxygen atoms in total. The second-order valence-corrected chi connectivity index (χ2v) is 12.9. The van der Waals surface area contributed by atoms with Crippen LogP contribution in [0.4, 0.5) is 0 Å². The van der Waals surface area contributed by atoms with Crippen LogP contribution in [0.5, 0.6) is 5.75 Å². The standard InChI is InChI=1S/C32H40N4O9S/c1-23-30(32(39)36(33(23)2)25-7-5-4-6-8-25)24-21-28(31(38)34-14-18-43-19-15-34)45-29(22-24)44-20-16-35(13-17-37)46(40,41)27-11-9-26(42-3)10-12-27/h4-12,21,24,29,37H,13-20,22H2,1-3H3/t24-,29+/m1/s1. The van der Waals surface area contributed by atoms with E-state index in [1.165, 1.54) is 19.2 Å². The molecular weight excluding hydrogens is 616 g/mol. The average molecular weight is 657 g/mol. The molecule has 46 heavy (non-hydrogen) atoms. The summed E-state index contributed by atoms with van der Waals surface area (Å²) in [6.45, 7) is 2.77. The van der Waals surface area contributed by atoms with Crippen molar-refractivity contribution in [3.8, 4) is 11.4 Å².